The first-order valence-electron chi connectivity index (χ1n) is 4.79. The molecule has 2 N–H and O–H groups in total. The lowest BCUT2D eigenvalue weighted by Crippen LogP contribution is -2.31. The smallest absolute Gasteiger partial charge is 0.215 e. The van der Waals surface area contributed by atoms with Crippen molar-refractivity contribution in [2.24, 2.45) is 0 Å². The summed E-state index contributed by atoms with van der Waals surface area (Å²) in [6.45, 7) is 1.57. The molecule has 0 fully saturated rings. The maximum absolute atomic E-state index is 11.6. The van der Waals surface area contributed by atoms with E-state index in [1.54, 1.807) is 24.3 Å². The summed E-state index contributed by atoms with van der Waals surface area (Å²) >= 11 is 3.28. The Morgan fingerprint density at radius 3 is 2.44 bits per heavy atom. The van der Waals surface area contributed by atoms with Crippen LogP contribution >= 0.6 is 15.9 Å². The Bertz CT molecular complexity index is 428. The molecule has 0 aromatic heterocycles. The largest absolute Gasteiger partial charge is 0.392 e. The molecule has 0 aliphatic heterocycles. The van der Waals surface area contributed by atoms with Gasteiger partial charge in [-0.25, -0.2) is 13.1 Å². The molecule has 1 unspecified atom stereocenters. The lowest BCUT2D eigenvalue weighted by molar-refractivity contribution is 0.198. The summed E-state index contributed by atoms with van der Waals surface area (Å²) in [4.78, 5) is 0. The van der Waals surface area contributed by atoms with Gasteiger partial charge in [0.1, 0.15) is 0 Å². The van der Waals surface area contributed by atoms with Crippen molar-refractivity contribution in [3.63, 3.8) is 0 Å². The van der Waals surface area contributed by atoms with Crippen molar-refractivity contribution < 1.29 is 13.5 Å². The molecule has 6 heteroatoms. The Balaban J connectivity index is 2.62. The number of halogens is 1. The molecule has 1 aromatic carbocycles. The molecule has 0 radical (unpaired) electrons. The highest BCUT2D eigenvalue weighted by molar-refractivity contribution is 9.10. The molecule has 0 aliphatic carbocycles. The zero-order valence-corrected chi connectivity index (χ0v) is 11.3. The Labute approximate surface area is 104 Å². The second-order valence-electron chi connectivity index (χ2n) is 3.58. The number of aliphatic hydroxyl groups excluding tert-OH is 1. The number of hydrogen-bond acceptors (Lipinski definition) is 3. The van der Waals surface area contributed by atoms with Crippen molar-refractivity contribution in [1.29, 1.82) is 0 Å². The predicted molar refractivity (Wildman–Crippen MR) is 66.4 cm³/mol. The van der Waals surface area contributed by atoms with E-state index in [4.69, 9.17) is 5.11 Å². The van der Waals surface area contributed by atoms with Crippen LogP contribution in [0, 0.1) is 0 Å². The topological polar surface area (TPSA) is 66.4 Å². The Hall–Kier alpha value is -0.430. The fourth-order valence-corrected chi connectivity index (χ4v) is 2.59. The monoisotopic (exact) mass is 307 g/mol. The lowest BCUT2D eigenvalue weighted by Gasteiger charge is -2.08. The highest BCUT2D eigenvalue weighted by atomic mass is 79.9. The van der Waals surface area contributed by atoms with Gasteiger partial charge in [0.2, 0.25) is 10.0 Å². The van der Waals surface area contributed by atoms with Crippen LogP contribution in [-0.2, 0) is 15.8 Å². The van der Waals surface area contributed by atoms with Gasteiger partial charge in [-0.1, -0.05) is 28.1 Å². The number of aliphatic hydroxyl groups is 1. The predicted octanol–water partition coefficient (Wildman–Crippen LogP) is 1.25. The van der Waals surface area contributed by atoms with Crippen molar-refractivity contribution in [1.82, 2.24) is 4.72 Å². The third kappa shape index (κ3) is 5.07. The molecule has 16 heavy (non-hydrogen) atoms. The van der Waals surface area contributed by atoms with E-state index in [1.165, 1.54) is 6.92 Å². The quantitative estimate of drug-likeness (QED) is 0.860. The molecule has 1 aromatic rings. The maximum Gasteiger partial charge on any atom is 0.215 e. The molecular formula is C10H14BrNO3S. The van der Waals surface area contributed by atoms with E-state index in [-0.39, 0.29) is 12.3 Å². The van der Waals surface area contributed by atoms with Crippen LogP contribution in [-0.4, -0.2) is 26.2 Å². The van der Waals surface area contributed by atoms with Crippen LogP contribution in [0.25, 0.3) is 0 Å². The lowest BCUT2D eigenvalue weighted by atomic mass is 10.2. The van der Waals surface area contributed by atoms with Crippen molar-refractivity contribution >= 4 is 26.0 Å². The number of sulfonamides is 1. The van der Waals surface area contributed by atoms with Crippen molar-refractivity contribution in [2.75, 3.05) is 6.54 Å². The van der Waals surface area contributed by atoms with Crippen LogP contribution in [0.3, 0.4) is 0 Å². The average Bonchev–Trinajstić information content (AvgIpc) is 2.19. The highest BCUT2D eigenvalue weighted by Gasteiger charge is 2.11. The van der Waals surface area contributed by atoms with Crippen LogP contribution in [0.4, 0.5) is 0 Å². The van der Waals surface area contributed by atoms with E-state index >= 15 is 0 Å². The molecule has 0 saturated heterocycles. The van der Waals surface area contributed by atoms with Crippen molar-refractivity contribution in [3.8, 4) is 0 Å². The van der Waals surface area contributed by atoms with E-state index in [1.807, 2.05) is 0 Å². The van der Waals surface area contributed by atoms with Crippen LogP contribution in [0.1, 0.15) is 12.5 Å². The third-order valence-corrected chi connectivity index (χ3v) is 3.72. The van der Waals surface area contributed by atoms with Gasteiger partial charge < -0.3 is 5.11 Å². The van der Waals surface area contributed by atoms with Crippen LogP contribution in [0.2, 0.25) is 0 Å². The third-order valence-electron chi connectivity index (χ3n) is 1.87. The molecular weight excluding hydrogens is 294 g/mol. The van der Waals surface area contributed by atoms with E-state index in [9.17, 15) is 8.42 Å². The van der Waals surface area contributed by atoms with E-state index in [2.05, 4.69) is 20.7 Å². The minimum absolute atomic E-state index is 0.0405. The molecule has 1 rings (SSSR count). The fraction of sp³-hybridized carbons (Fsp3) is 0.400. The van der Waals surface area contributed by atoms with Gasteiger partial charge in [-0.15, -0.1) is 0 Å². The van der Waals surface area contributed by atoms with E-state index < -0.39 is 16.1 Å². The van der Waals surface area contributed by atoms with Crippen molar-refractivity contribution in [2.45, 2.75) is 18.8 Å². The van der Waals surface area contributed by atoms with Crippen LogP contribution in [0.15, 0.2) is 28.7 Å². The van der Waals surface area contributed by atoms with E-state index in [0.29, 0.717) is 5.56 Å². The first-order valence-corrected chi connectivity index (χ1v) is 7.23. The normalized spacial score (nSPS) is 13.7. The molecule has 90 valence electrons. The molecule has 0 bridgehead atoms. The summed E-state index contributed by atoms with van der Waals surface area (Å²) < 4.78 is 26.4. The summed E-state index contributed by atoms with van der Waals surface area (Å²) in [5, 5.41) is 8.99. The van der Waals surface area contributed by atoms with Crippen LogP contribution < -0.4 is 4.72 Å². The van der Waals surface area contributed by atoms with Gasteiger partial charge in [0.25, 0.3) is 0 Å². The Kier molecular flexibility index (Phi) is 4.91. The summed E-state index contributed by atoms with van der Waals surface area (Å²) in [7, 11) is -3.37. The minimum atomic E-state index is -3.37. The van der Waals surface area contributed by atoms with Gasteiger partial charge in [0.15, 0.2) is 0 Å². The molecule has 0 heterocycles. The second kappa shape index (κ2) is 5.77. The molecule has 0 saturated carbocycles. The fourth-order valence-electron chi connectivity index (χ4n) is 1.10. The standard InChI is InChI=1S/C10H14BrNO3S/c1-8(13)6-12-16(14,15)7-9-2-4-10(11)5-3-9/h2-5,8,12-13H,6-7H2,1H3. The molecule has 0 aliphatic rings. The summed E-state index contributed by atoms with van der Waals surface area (Å²) in [5.74, 6) is -0.0764. The van der Waals surface area contributed by atoms with Gasteiger partial charge in [0.05, 0.1) is 11.9 Å². The number of hydrogen-bond donors (Lipinski definition) is 2. The number of nitrogens with one attached hydrogen (secondary N) is 1. The number of rotatable bonds is 5. The first-order chi connectivity index (χ1) is 7.39. The summed E-state index contributed by atoms with van der Waals surface area (Å²) in [5.41, 5.74) is 0.710. The van der Waals surface area contributed by atoms with E-state index in [0.717, 1.165) is 4.47 Å². The molecule has 4 nitrogen and oxygen atoms in total. The molecule has 1 atom stereocenters. The zero-order valence-electron chi connectivity index (χ0n) is 8.85. The van der Waals surface area contributed by atoms with Gasteiger partial charge >= 0.3 is 0 Å². The van der Waals surface area contributed by atoms with Crippen molar-refractivity contribution in [3.05, 3.63) is 34.3 Å². The van der Waals surface area contributed by atoms with Gasteiger partial charge in [-0.3, -0.25) is 0 Å². The SMILES string of the molecule is CC(O)CNS(=O)(=O)Cc1ccc(Br)cc1. The number of benzene rings is 1. The minimum Gasteiger partial charge on any atom is -0.392 e. The highest BCUT2D eigenvalue weighted by Crippen LogP contribution is 2.12. The zero-order chi connectivity index (χ0) is 12.2. The second-order valence-corrected chi connectivity index (χ2v) is 6.31. The average molecular weight is 308 g/mol. The van der Waals surface area contributed by atoms with Crippen LogP contribution in [0.5, 0.6) is 0 Å². The maximum atomic E-state index is 11.6. The summed E-state index contributed by atoms with van der Waals surface area (Å²) in [6.07, 6.45) is -0.681. The summed E-state index contributed by atoms with van der Waals surface area (Å²) in [6, 6.07) is 7.07. The van der Waals surface area contributed by atoms with Gasteiger partial charge in [-0.05, 0) is 24.6 Å². The Morgan fingerprint density at radius 2 is 1.94 bits per heavy atom. The molecule has 0 amide bonds. The Morgan fingerprint density at radius 1 is 1.38 bits per heavy atom. The van der Waals surface area contributed by atoms with Gasteiger partial charge in [-0.2, -0.15) is 0 Å². The van der Waals surface area contributed by atoms with Gasteiger partial charge in [0, 0.05) is 11.0 Å². The first kappa shape index (κ1) is 13.6. The molecule has 0 spiro atoms.